The van der Waals surface area contributed by atoms with E-state index in [4.69, 9.17) is 4.98 Å². The number of aryl methyl sites for hydroxylation is 1. The van der Waals surface area contributed by atoms with Crippen LogP contribution < -0.4 is 10.2 Å². The number of amides is 1. The van der Waals surface area contributed by atoms with E-state index in [1.54, 1.807) is 0 Å². The number of benzene rings is 1. The van der Waals surface area contributed by atoms with Gasteiger partial charge in [0.15, 0.2) is 0 Å². The van der Waals surface area contributed by atoms with Gasteiger partial charge in [-0.2, -0.15) is 0 Å². The Hall–Kier alpha value is -2.27. The van der Waals surface area contributed by atoms with Crippen LogP contribution in [0.5, 0.6) is 0 Å². The standard InChI is InChI=1S/C19H22N4O/c1-13-16-11-17(24)23(10-8-14-5-3-2-4-6-14)19(16)22-18(21-13)15-7-9-20-12-15/h2-6,15,20H,7-12H2,1H3/t15-/m0/s1. The average Bonchev–Trinajstić information content (AvgIpc) is 3.22. The molecule has 1 atom stereocenters. The molecule has 1 amide bonds. The van der Waals surface area contributed by atoms with Gasteiger partial charge in [0.25, 0.3) is 0 Å². The first-order valence-electron chi connectivity index (χ1n) is 8.65. The highest BCUT2D eigenvalue weighted by molar-refractivity contribution is 6.00. The topological polar surface area (TPSA) is 58.1 Å². The molecule has 24 heavy (non-hydrogen) atoms. The van der Waals surface area contributed by atoms with Gasteiger partial charge in [0.05, 0.1) is 6.42 Å². The number of anilines is 1. The quantitative estimate of drug-likeness (QED) is 0.935. The molecule has 1 fully saturated rings. The van der Waals surface area contributed by atoms with Crippen LogP contribution in [0.3, 0.4) is 0 Å². The van der Waals surface area contributed by atoms with Gasteiger partial charge < -0.3 is 5.32 Å². The van der Waals surface area contributed by atoms with Gasteiger partial charge in [-0.05, 0) is 31.9 Å². The molecule has 0 bridgehead atoms. The Labute approximate surface area is 142 Å². The summed E-state index contributed by atoms with van der Waals surface area (Å²) in [5.41, 5.74) is 3.20. The lowest BCUT2D eigenvalue weighted by atomic mass is 10.1. The second-order valence-corrected chi connectivity index (χ2v) is 6.62. The van der Waals surface area contributed by atoms with Crippen LogP contribution in [-0.4, -0.2) is 35.5 Å². The summed E-state index contributed by atoms with van der Waals surface area (Å²) in [5, 5.41) is 3.36. The molecule has 0 spiro atoms. The summed E-state index contributed by atoms with van der Waals surface area (Å²) in [4.78, 5) is 23.8. The highest BCUT2D eigenvalue weighted by Crippen LogP contribution is 2.31. The maximum Gasteiger partial charge on any atom is 0.232 e. The Bertz CT molecular complexity index is 753. The molecule has 124 valence electrons. The molecule has 1 saturated heterocycles. The van der Waals surface area contributed by atoms with Gasteiger partial charge in [0, 0.05) is 30.3 Å². The van der Waals surface area contributed by atoms with E-state index in [2.05, 4.69) is 22.4 Å². The Kier molecular flexibility index (Phi) is 4.02. The first-order valence-corrected chi connectivity index (χ1v) is 8.65. The molecule has 2 aliphatic rings. The van der Waals surface area contributed by atoms with E-state index >= 15 is 0 Å². The molecule has 2 aromatic rings. The van der Waals surface area contributed by atoms with Crippen molar-refractivity contribution in [2.45, 2.75) is 32.1 Å². The largest absolute Gasteiger partial charge is 0.316 e. The first-order chi connectivity index (χ1) is 11.7. The lowest BCUT2D eigenvalue weighted by molar-refractivity contribution is -0.117. The normalized spacial score (nSPS) is 19.8. The molecular weight excluding hydrogens is 300 g/mol. The zero-order chi connectivity index (χ0) is 16.5. The zero-order valence-corrected chi connectivity index (χ0v) is 14.0. The summed E-state index contributed by atoms with van der Waals surface area (Å²) in [6.45, 7) is 4.62. The summed E-state index contributed by atoms with van der Waals surface area (Å²) < 4.78 is 0. The minimum Gasteiger partial charge on any atom is -0.316 e. The SMILES string of the molecule is Cc1nc([C@H]2CCNC2)nc2c1CC(=O)N2CCc1ccccc1. The third-order valence-corrected chi connectivity index (χ3v) is 4.99. The number of nitrogens with zero attached hydrogens (tertiary/aromatic N) is 3. The smallest absolute Gasteiger partial charge is 0.232 e. The van der Waals surface area contributed by atoms with Crippen molar-refractivity contribution in [2.75, 3.05) is 24.5 Å². The molecule has 3 heterocycles. The second kappa shape index (κ2) is 6.32. The Morgan fingerprint density at radius 2 is 2.08 bits per heavy atom. The predicted octanol–water partition coefficient (Wildman–Crippen LogP) is 1.99. The van der Waals surface area contributed by atoms with Gasteiger partial charge in [0.1, 0.15) is 11.6 Å². The second-order valence-electron chi connectivity index (χ2n) is 6.62. The van der Waals surface area contributed by atoms with E-state index in [9.17, 15) is 4.79 Å². The molecular formula is C19H22N4O. The van der Waals surface area contributed by atoms with Crippen molar-refractivity contribution in [1.29, 1.82) is 0 Å². The molecule has 2 aliphatic heterocycles. The lowest BCUT2D eigenvalue weighted by Crippen LogP contribution is -2.30. The van der Waals surface area contributed by atoms with Gasteiger partial charge in [-0.15, -0.1) is 0 Å². The number of carbonyl (C=O) groups is 1. The Morgan fingerprint density at radius 3 is 2.83 bits per heavy atom. The summed E-state index contributed by atoms with van der Waals surface area (Å²) in [7, 11) is 0. The van der Waals surface area contributed by atoms with Crippen molar-refractivity contribution < 1.29 is 4.79 Å². The summed E-state index contributed by atoms with van der Waals surface area (Å²) in [6.07, 6.45) is 2.34. The third kappa shape index (κ3) is 2.80. The molecule has 1 aromatic carbocycles. The molecule has 4 rings (SSSR count). The number of rotatable bonds is 4. The fraction of sp³-hybridized carbons (Fsp3) is 0.421. The van der Waals surface area contributed by atoms with E-state index in [0.717, 1.165) is 48.8 Å². The number of nitrogens with one attached hydrogen (secondary N) is 1. The van der Waals surface area contributed by atoms with Crippen LogP contribution >= 0.6 is 0 Å². The third-order valence-electron chi connectivity index (χ3n) is 4.99. The molecule has 5 nitrogen and oxygen atoms in total. The number of hydrogen-bond donors (Lipinski definition) is 1. The molecule has 5 heteroatoms. The highest BCUT2D eigenvalue weighted by Gasteiger charge is 2.32. The molecule has 0 unspecified atom stereocenters. The average molecular weight is 322 g/mol. The maximum absolute atomic E-state index is 12.5. The summed E-state index contributed by atoms with van der Waals surface area (Å²) in [6, 6.07) is 10.3. The predicted molar refractivity (Wildman–Crippen MR) is 93.2 cm³/mol. The number of aromatic nitrogens is 2. The van der Waals surface area contributed by atoms with Crippen molar-refractivity contribution in [2.24, 2.45) is 0 Å². The monoisotopic (exact) mass is 322 g/mol. The van der Waals surface area contributed by atoms with Crippen LogP contribution in [0.15, 0.2) is 30.3 Å². The van der Waals surface area contributed by atoms with E-state index < -0.39 is 0 Å². The van der Waals surface area contributed by atoms with Gasteiger partial charge in [-0.1, -0.05) is 30.3 Å². The number of carbonyl (C=O) groups excluding carboxylic acids is 1. The fourth-order valence-corrected chi connectivity index (χ4v) is 3.57. The number of fused-ring (bicyclic) bond motifs is 1. The molecule has 0 radical (unpaired) electrons. The Morgan fingerprint density at radius 1 is 1.25 bits per heavy atom. The van der Waals surface area contributed by atoms with E-state index in [1.807, 2.05) is 30.0 Å². The minimum absolute atomic E-state index is 0.139. The highest BCUT2D eigenvalue weighted by atomic mass is 16.2. The van der Waals surface area contributed by atoms with Crippen LogP contribution in [0.2, 0.25) is 0 Å². The molecule has 1 N–H and O–H groups in total. The van der Waals surface area contributed by atoms with Crippen molar-refractivity contribution in [3.05, 3.63) is 53.0 Å². The van der Waals surface area contributed by atoms with Crippen LogP contribution in [0.25, 0.3) is 0 Å². The maximum atomic E-state index is 12.5. The van der Waals surface area contributed by atoms with Crippen LogP contribution in [0, 0.1) is 6.92 Å². The molecule has 0 saturated carbocycles. The van der Waals surface area contributed by atoms with Gasteiger partial charge >= 0.3 is 0 Å². The van der Waals surface area contributed by atoms with Gasteiger partial charge in [-0.3, -0.25) is 9.69 Å². The van der Waals surface area contributed by atoms with Crippen molar-refractivity contribution in [3.8, 4) is 0 Å². The van der Waals surface area contributed by atoms with E-state index in [0.29, 0.717) is 18.9 Å². The van der Waals surface area contributed by atoms with Crippen LogP contribution in [-0.2, 0) is 17.6 Å². The molecule has 1 aromatic heterocycles. The van der Waals surface area contributed by atoms with E-state index in [-0.39, 0.29) is 5.91 Å². The Balaban J connectivity index is 1.60. The lowest BCUT2D eigenvalue weighted by Gasteiger charge is -2.18. The van der Waals surface area contributed by atoms with Gasteiger partial charge in [-0.25, -0.2) is 9.97 Å². The molecule has 0 aliphatic carbocycles. The minimum atomic E-state index is 0.139. The zero-order valence-electron chi connectivity index (χ0n) is 14.0. The fourth-order valence-electron chi connectivity index (χ4n) is 3.57. The number of hydrogen-bond acceptors (Lipinski definition) is 4. The van der Waals surface area contributed by atoms with Crippen molar-refractivity contribution in [3.63, 3.8) is 0 Å². The van der Waals surface area contributed by atoms with Crippen molar-refractivity contribution in [1.82, 2.24) is 15.3 Å². The summed E-state index contributed by atoms with van der Waals surface area (Å²) >= 11 is 0. The van der Waals surface area contributed by atoms with Crippen LogP contribution in [0.4, 0.5) is 5.82 Å². The van der Waals surface area contributed by atoms with E-state index in [1.165, 1.54) is 5.56 Å². The van der Waals surface area contributed by atoms with Crippen LogP contribution in [0.1, 0.15) is 35.0 Å². The first kappa shape index (κ1) is 15.3. The van der Waals surface area contributed by atoms with Crippen molar-refractivity contribution >= 4 is 11.7 Å². The summed E-state index contributed by atoms with van der Waals surface area (Å²) in [5.74, 6) is 2.22. The van der Waals surface area contributed by atoms with Gasteiger partial charge in [0.2, 0.25) is 5.91 Å².